The molecule has 19 heavy (non-hydrogen) atoms. The lowest BCUT2D eigenvalue weighted by molar-refractivity contribution is 0.202. The van der Waals surface area contributed by atoms with Crippen molar-refractivity contribution in [3.63, 3.8) is 0 Å². The average Bonchev–Trinajstić information content (AvgIpc) is 2.37. The molecule has 1 aromatic rings. The largest absolute Gasteiger partial charge is 0.494 e. The van der Waals surface area contributed by atoms with Crippen LogP contribution in [0.1, 0.15) is 45.6 Å². The third-order valence-corrected chi connectivity index (χ3v) is 3.07. The molecule has 0 fully saturated rings. The summed E-state index contributed by atoms with van der Waals surface area (Å²) in [5.74, 6) is 1.44. The molecule has 0 radical (unpaired) electrons. The van der Waals surface area contributed by atoms with Crippen LogP contribution in [0, 0.1) is 0 Å². The number of ether oxygens (including phenoxy) is 1. The van der Waals surface area contributed by atoms with E-state index in [-0.39, 0.29) is 12.6 Å². The van der Waals surface area contributed by atoms with E-state index in [9.17, 15) is 5.11 Å². The summed E-state index contributed by atoms with van der Waals surface area (Å²) < 4.78 is 5.70. The first kappa shape index (κ1) is 16.0. The zero-order valence-electron chi connectivity index (χ0n) is 12.5. The molecule has 3 nitrogen and oxygen atoms in total. The van der Waals surface area contributed by atoms with Gasteiger partial charge in [0.05, 0.1) is 13.2 Å². The van der Waals surface area contributed by atoms with Crippen molar-refractivity contribution >= 4 is 0 Å². The smallest absolute Gasteiger partial charge is 0.119 e. The summed E-state index contributed by atoms with van der Waals surface area (Å²) in [6, 6.07) is 8.72. The predicted molar refractivity (Wildman–Crippen MR) is 79.8 cm³/mol. The van der Waals surface area contributed by atoms with Gasteiger partial charge in [-0.15, -0.1) is 0 Å². The van der Waals surface area contributed by atoms with Gasteiger partial charge in [-0.25, -0.2) is 0 Å². The monoisotopic (exact) mass is 265 g/mol. The molecule has 0 heterocycles. The van der Waals surface area contributed by atoms with Crippen LogP contribution in [0.5, 0.6) is 5.75 Å². The van der Waals surface area contributed by atoms with Crippen LogP contribution < -0.4 is 10.1 Å². The molecular weight excluding hydrogens is 238 g/mol. The Hall–Kier alpha value is -1.06. The van der Waals surface area contributed by atoms with Gasteiger partial charge in [0, 0.05) is 12.1 Å². The molecule has 0 spiro atoms. The second-order valence-corrected chi connectivity index (χ2v) is 5.56. The van der Waals surface area contributed by atoms with Crippen molar-refractivity contribution in [1.82, 2.24) is 5.32 Å². The van der Waals surface area contributed by atoms with Crippen LogP contribution in [0.25, 0.3) is 0 Å². The summed E-state index contributed by atoms with van der Waals surface area (Å²) in [6.07, 6.45) is 0.806. The molecule has 1 unspecified atom stereocenters. The fraction of sp³-hybridized carbons (Fsp3) is 0.625. The molecule has 108 valence electrons. The fourth-order valence-electron chi connectivity index (χ4n) is 1.97. The van der Waals surface area contributed by atoms with E-state index in [1.54, 1.807) is 0 Å². The van der Waals surface area contributed by atoms with Gasteiger partial charge in [-0.05, 0) is 30.0 Å². The first-order valence-electron chi connectivity index (χ1n) is 7.12. The van der Waals surface area contributed by atoms with Gasteiger partial charge in [-0.1, -0.05) is 39.8 Å². The lowest BCUT2D eigenvalue weighted by Gasteiger charge is -2.19. The van der Waals surface area contributed by atoms with Gasteiger partial charge in [0.25, 0.3) is 0 Å². The Kier molecular flexibility index (Phi) is 6.89. The minimum Gasteiger partial charge on any atom is -0.494 e. The van der Waals surface area contributed by atoms with Gasteiger partial charge < -0.3 is 15.2 Å². The Morgan fingerprint density at radius 3 is 2.21 bits per heavy atom. The molecule has 1 atom stereocenters. The van der Waals surface area contributed by atoms with Crippen molar-refractivity contribution in [3.8, 4) is 5.75 Å². The molecule has 0 aliphatic carbocycles. The Bertz CT molecular complexity index is 346. The average molecular weight is 265 g/mol. The highest BCUT2D eigenvalue weighted by Gasteiger charge is 2.08. The molecule has 1 aromatic carbocycles. The van der Waals surface area contributed by atoms with Crippen LogP contribution in [0.2, 0.25) is 0 Å². The summed E-state index contributed by atoms with van der Waals surface area (Å²) in [5, 5.41) is 12.6. The normalized spacial score (nSPS) is 13.0. The number of aliphatic hydroxyl groups excluding tert-OH is 1. The molecule has 2 N–H and O–H groups in total. The fourth-order valence-corrected chi connectivity index (χ4v) is 1.97. The second kappa shape index (κ2) is 8.18. The Morgan fingerprint density at radius 2 is 1.74 bits per heavy atom. The summed E-state index contributed by atoms with van der Waals surface area (Å²) in [6.45, 7) is 9.28. The molecular formula is C16H27NO2. The molecule has 0 saturated heterocycles. The van der Waals surface area contributed by atoms with Crippen molar-refractivity contribution in [3.05, 3.63) is 29.8 Å². The van der Waals surface area contributed by atoms with E-state index < -0.39 is 0 Å². The molecule has 0 saturated carbocycles. The Morgan fingerprint density at radius 1 is 1.11 bits per heavy atom. The highest BCUT2D eigenvalue weighted by atomic mass is 16.5. The molecule has 0 aromatic heterocycles. The standard InChI is InChI=1S/C16H27NO2/c1-12(2)14-5-7-16(8-6-14)19-10-9-15(11-18)17-13(3)4/h5-8,12-13,15,17-18H,9-11H2,1-4H3. The van der Waals surface area contributed by atoms with E-state index in [0.29, 0.717) is 18.6 Å². The van der Waals surface area contributed by atoms with Crippen molar-refractivity contribution < 1.29 is 9.84 Å². The highest BCUT2D eigenvalue weighted by molar-refractivity contribution is 5.28. The molecule has 0 bridgehead atoms. The van der Waals surface area contributed by atoms with Crippen molar-refractivity contribution in [2.45, 2.75) is 52.1 Å². The Balaban J connectivity index is 2.35. The van der Waals surface area contributed by atoms with Gasteiger partial charge in [-0.2, -0.15) is 0 Å². The maximum atomic E-state index is 9.25. The SMILES string of the molecule is CC(C)NC(CO)CCOc1ccc(C(C)C)cc1. The summed E-state index contributed by atoms with van der Waals surface area (Å²) in [5.41, 5.74) is 1.32. The number of aliphatic hydroxyl groups is 1. The van der Waals surface area contributed by atoms with E-state index >= 15 is 0 Å². The van der Waals surface area contributed by atoms with Crippen LogP contribution in [-0.4, -0.2) is 30.4 Å². The van der Waals surface area contributed by atoms with Crippen molar-refractivity contribution in [2.75, 3.05) is 13.2 Å². The van der Waals surface area contributed by atoms with E-state index in [2.05, 4.69) is 45.1 Å². The van der Waals surface area contributed by atoms with Gasteiger partial charge in [0.2, 0.25) is 0 Å². The van der Waals surface area contributed by atoms with Crippen LogP contribution >= 0.6 is 0 Å². The first-order valence-corrected chi connectivity index (χ1v) is 7.12. The maximum absolute atomic E-state index is 9.25. The molecule has 0 aliphatic heterocycles. The minimum atomic E-state index is 0.106. The van der Waals surface area contributed by atoms with Gasteiger partial charge >= 0.3 is 0 Å². The van der Waals surface area contributed by atoms with Gasteiger partial charge in [0.15, 0.2) is 0 Å². The number of nitrogens with one attached hydrogen (secondary N) is 1. The molecule has 0 aliphatic rings. The van der Waals surface area contributed by atoms with Crippen molar-refractivity contribution in [1.29, 1.82) is 0 Å². The quantitative estimate of drug-likeness (QED) is 0.759. The third-order valence-electron chi connectivity index (χ3n) is 3.07. The van der Waals surface area contributed by atoms with E-state index in [1.165, 1.54) is 5.56 Å². The summed E-state index contributed by atoms with van der Waals surface area (Å²) in [7, 11) is 0. The Labute approximate surface area is 117 Å². The highest BCUT2D eigenvalue weighted by Crippen LogP contribution is 2.18. The molecule has 3 heteroatoms. The molecule has 0 amide bonds. The molecule has 1 rings (SSSR count). The zero-order chi connectivity index (χ0) is 14.3. The number of hydrogen-bond acceptors (Lipinski definition) is 3. The van der Waals surface area contributed by atoms with Crippen LogP contribution in [0.15, 0.2) is 24.3 Å². The number of benzene rings is 1. The summed E-state index contributed by atoms with van der Waals surface area (Å²) in [4.78, 5) is 0. The third kappa shape index (κ3) is 6.08. The minimum absolute atomic E-state index is 0.106. The van der Waals surface area contributed by atoms with Crippen LogP contribution in [0.4, 0.5) is 0 Å². The number of rotatable bonds is 8. The van der Waals surface area contributed by atoms with E-state index in [1.807, 2.05) is 12.1 Å². The van der Waals surface area contributed by atoms with Gasteiger partial charge in [0.1, 0.15) is 5.75 Å². The zero-order valence-corrected chi connectivity index (χ0v) is 12.5. The topological polar surface area (TPSA) is 41.5 Å². The predicted octanol–water partition coefficient (Wildman–Crippen LogP) is 2.94. The lowest BCUT2D eigenvalue weighted by atomic mass is 10.0. The lowest BCUT2D eigenvalue weighted by Crippen LogP contribution is -2.38. The van der Waals surface area contributed by atoms with Crippen molar-refractivity contribution in [2.24, 2.45) is 0 Å². The van der Waals surface area contributed by atoms with E-state index in [0.717, 1.165) is 12.2 Å². The van der Waals surface area contributed by atoms with Crippen LogP contribution in [0.3, 0.4) is 0 Å². The maximum Gasteiger partial charge on any atom is 0.119 e. The van der Waals surface area contributed by atoms with E-state index in [4.69, 9.17) is 4.74 Å². The second-order valence-electron chi connectivity index (χ2n) is 5.56. The van der Waals surface area contributed by atoms with Crippen LogP contribution in [-0.2, 0) is 0 Å². The number of hydrogen-bond donors (Lipinski definition) is 2. The van der Waals surface area contributed by atoms with Gasteiger partial charge in [-0.3, -0.25) is 0 Å². The first-order chi connectivity index (χ1) is 9.02. The summed E-state index contributed by atoms with van der Waals surface area (Å²) >= 11 is 0.